The standard InChI is InChI=1S/C16H18FN3O/c1-11-14(6-9-19-15(11)20-18)21-10-16(7-8-16)12-2-4-13(17)5-3-12/h2-6,9H,7-8,10,18H2,1H3,(H,19,20). The maximum Gasteiger partial charge on any atom is 0.146 e. The van der Waals surface area contributed by atoms with Crippen LogP contribution in [0.15, 0.2) is 36.5 Å². The molecule has 0 radical (unpaired) electrons. The Morgan fingerprint density at radius 1 is 1.29 bits per heavy atom. The Balaban J connectivity index is 1.74. The van der Waals surface area contributed by atoms with Gasteiger partial charge in [0.1, 0.15) is 17.4 Å². The summed E-state index contributed by atoms with van der Waals surface area (Å²) in [5.74, 6) is 6.59. The third kappa shape index (κ3) is 2.69. The lowest BCUT2D eigenvalue weighted by atomic mass is 9.97. The van der Waals surface area contributed by atoms with E-state index >= 15 is 0 Å². The number of benzene rings is 1. The molecule has 1 aliphatic carbocycles. The minimum absolute atomic E-state index is 0.0136. The van der Waals surface area contributed by atoms with Crippen molar-refractivity contribution in [3.05, 3.63) is 53.5 Å². The molecule has 110 valence electrons. The lowest BCUT2D eigenvalue weighted by Gasteiger charge is -2.18. The number of hydrogen-bond acceptors (Lipinski definition) is 4. The summed E-state index contributed by atoms with van der Waals surface area (Å²) in [5.41, 5.74) is 4.58. The van der Waals surface area contributed by atoms with Crippen molar-refractivity contribution in [2.24, 2.45) is 5.84 Å². The first-order valence-electron chi connectivity index (χ1n) is 6.96. The summed E-state index contributed by atoms with van der Waals surface area (Å²) < 4.78 is 19.0. The molecule has 0 aliphatic heterocycles. The zero-order chi connectivity index (χ0) is 14.9. The Kier molecular flexibility index (Phi) is 3.51. The largest absolute Gasteiger partial charge is 0.492 e. The Morgan fingerprint density at radius 2 is 2.00 bits per heavy atom. The van der Waals surface area contributed by atoms with Crippen molar-refractivity contribution in [1.82, 2.24) is 4.98 Å². The molecule has 21 heavy (non-hydrogen) atoms. The number of nitrogens with zero attached hydrogens (tertiary/aromatic N) is 1. The molecular weight excluding hydrogens is 269 g/mol. The zero-order valence-corrected chi connectivity index (χ0v) is 11.9. The quantitative estimate of drug-likeness (QED) is 0.655. The molecule has 1 aromatic heterocycles. The van der Waals surface area contributed by atoms with E-state index in [0.717, 1.165) is 29.7 Å². The van der Waals surface area contributed by atoms with Crippen LogP contribution in [0.1, 0.15) is 24.0 Å². The van der Waals surface area contributed by atoms with Crippen LogP contribution in [0, 0.1) is 12.7 Å². The van der Waals surface area contributed by atoms with Crippen molar-refractivity contribution in [2.75, 3.05) is 12.0 Å². The summed E-state index contributed by atoms with van der Waals surface area (Å²) in [6.07, 6.45) is 3.78. The average Bonchev–Trinajstić information content (AvgIpc) is 3.28. The van der Waals surface area contributed by atoms with E-state index in [4.69, 9.17) is 10.6 Å². The van der Waals surface area contributed by atoms with Gasteiger partial charge < -0.3 is 10.2 Å². The van der Waals surface area contributed by atoms with Gasteiger partial charge >= 0.3 is 0 Å². The molecule has 2 aromatic rings. The van der Waals surface area contributed by atoms with E-state index in [0.29, 0.717) is 12.4 Å². The highest BCUT2D eigenvalue weighted by Crippen LogP contribution is 2.48. The zero-order valence-electron chi connectivity index (χ0n) is 11.9. The number of nitrogens with two attached hydrogens (primary N) is 1. The highest BCUT2D eigenvalue weighted by molar-refractivity contribution is 5.50. The number of anilines is 1. The molecule has 0 atom stereocenters. The van der Waals surface area contributed by atoms with E-state index in [1.165, 1.54) is 12.1 Å². The van der Waals surface area contributed by atoms with Crippen molar-refractivity contribution in [1.29, 1.82) is 0 Å². The molecule has 5 heteroatoms. The second-order valence-electron chi connectivity index (χ2n) is 5.50. The van der Waals surface area contributed by atoms with Crippen LogP contribution in [0.5, 0.6) is 5.75 Å². The van der Waals surface area contributed by atoms with Gasteiger partial charge in [-0.15, -0.1) is 0 Å². The molecule has 0 saturated heterocycles. The van der Waals surface area contributed by atoms with E-state index in [2.05, 4.69) is 10.4 Å². The van der Waals surface area contributed by atoms with E-state index in [1.807, 2.05) is 25.1 Å². The molecule has 1 aliphatic rings. The van der Waals surface area contributed by atoms with Gasteiger partial charge in [-0.3, -0.25) is 0 Å². The van der Waals surface area contributed by atoms with Gasteiger partial charge in [-0.1, -0.05) is 12.1 Å². The third-order valence-corrected chi connectivity index (χ3v) is 4.11. The van der Waals surface area contributed by atoms with Crippen molar-refractivity contribution < 1.29 is 9.13 Å². The molecule has 1 aromatic carbocycles. The molecule has 3 rings (SSSR count). The van der Waals surface area contributed by atoms with Gasteiger partial charge in [-0.05, 0) is 43.5 Å². The SMILES string of the molecule is Cc1c(OCC2(c3ccc(F)cc3)CC2)ccnc1NN. The molecular formula is C16H18FN3O. The number of nitrogen functional groups attached to an aromatic ring is 1. The molecule has 1 heterocycles. The highest BCUT2D eigenvalue weighted by Gasteiger charge is 2.45. The molecule has 4 nitrogen and oxygen atoms in total. The minimum atomic E-state index is -0.209. The topological polar surface area (TPSA) is 60.2 Å². The summed E-state index contributed by atoms with van der Waals surface area (Å²) in [6.45, 7) is 2.49. The first kappa shape index (κ1) is 13.8. The highest BCUT2D eigenvalue weighted by atomic mass is 19.1. The van der Waals surface area contributed by atoms with Crippen LogP contribution < -0.4 is 16.0 Å². The number of aromatic nitrogens is 1. The number of nitrogens with one attached hydrogen (secondary N) is 1. The lowest BCUT2D eigenvalue weighted by molar-refractivity contribution is 0.276. The van der Waals surface area contributed by atoms with Gasteiger partial charge in [0, 0.05) is 17.2 Å². The summed E-state index contributed by atoms with van der Waals surface area (Å²) >= 11 is 0. The van der Waals surface area contributed by atoms with E-state index in [9.17, 15) is 4.39 Å². The third-order valence-electron chi connectivity index (χ3n) is 4.11. The molecule has 3 N–H and O–H groups in total. The summed E-state index contributed by atoms with van der Waals surface area (Å²) in [6, 6.07) is 8.53. The smallest absolute Gasteiger partial charge is 0.146 e. The van der Waals surface area contributed by atoms with Crippen LogP contribution in [-0.2, 0) is 5.41 Å². The monoisotopic (exact) mass is 287 g/mol. The number of pyridine rings is 1. The summed E-state index contributed by atoms with van der Waals surface area (Å²) in [5, 5.41) is 0. The van der Waals surface area contributed by atoms with Gasteiger partial charge in [0.2, 0.25) is 0 Å². The fraction of sp³-hybridized carbons (Fsp3) is 0.312. The number of hydrogen-bond donors (Lipinski definition) is 2. The predicted molar refractivity (Wildman–Crippen MR) is 79.6 cm³/mol. The van der Waals surface area contributed by atoms with Crippen LogP contribution in [-0.4, -0.2) is 11.6 Å². The van der Waals surface area contributed by atoms with Crippen molar-refractivity contribution in [2.45, 2.75) is 25.2 Å². The Labute approximate surface area is 123 Å². The van der Waals surface area contributed by atoms with Crippen LogP contribution in [0.25, 0.3) is 0 Å². The number of ether oxygens (including phenoxy) is 1. The Bertz CT molecular complexity index is 638. The van der Waals surface area contributed by atoms with E-state index in [1.54, 1.807) is 6.20 Å². The van der Waals surface area contributed by atoms with Gasteiger partial charge in [-0.25, -0.2) is 15.2 Å². The van der Waals surface area contributed by atoms with Crippen LogP contribution >= 0.6 is 0 Å². The molecule has 0 amide bonds. The lowest BCUT2D eigenvalue weighted by Crippen LogP contribution is -2.18. The number of rotatable bonds is 5. The maximum atomic E-state index is 13.0. The van der Waals surface area contributed by atoms with Crippen LogP contribution in [0.4, 0.5) is 10.2 Å². The minimum Gasteiger partial charge on any atom is -0.492 e. The predicted octanol–water partition coefficient (Wildman–Crippen LogP) is 2.93. The Hall–Kier alpha value is -2.14. The molecule has 0 spiro atoms. The first-order chi connectivity index (χ1) is 10.1. The number of hydrazine groups is 1. The second-order valence-corrected chi connectivity index (χ2v) is 5.50. The fourth-order valence-electron chi connectivity index (χ4n) is 2.51. The van der Waals surface area contributed by atoms with Gasteiger partial charge in [0.05, 0.1) is 6.61 Å². The van der Waals surface area contributed by atoms with Crippen molar-refractivity contribution >= 4 is 5.82 Å². The van der Waals surface area contributed by atoms with Crippen LogP contribution in [0.3, 0.4) is 0 Å². The molecule has 1 fully saturated rings. The van der Waals surface area contributed by atoms with E-state index < -0.39 is 0 Å². The molecule has 0 unspecified atom stereocenters. The summed E-state index contributed by atoms with van der Waals surface area (Å²) in [4.78, 5) is 4.13. The van der Waals surface area contributed by atoms with Crippen molar-refractivity contribution in [3.8, 4) is 5.75 Å². The number of halogens is 1. The van der Waals surface area contributed by atoms with Crippen LogP contribution in [0.2, 0.25) is 0 Å². The normalized spacial score (nSPS) is 15.6. The molecule has 0 bridgehead atoms. The Morgan fingerprint density at radius 3 is 2.62 bits per heavy atom. The van der Waals surface area contributed by atoms with Gasteiger partial charge in [0.15, 0.2) is 0 Å². The fourth-order valence-corrected chi connectivity index (χ4v) is 2.51. The second kappa shape index (κ2) is 5.33. The van der Waals surface area contributed by atoms with E-state index in [-0.39, 0.29) is 11.2 Å². The van der Waals surface area contributed by atoms with Gasteiger partial charge in [-0.2, -0.15) is 0 Å². The first-order valence-corrected chi connectivity index (χ1v) is 6.96. The maximum absolute atomic E-state index is 13.0. The average molecular weight is 287 g/mol. The molecule has 1 saturated carbocycles. The van der Waals surface area contributed by atoms with Gasteiger partial charge in [0.25, 0.3) is 0 Å². The summed E-state index contributed by atoms with van der Waals surface area (Å²) in [7, 11) is 0. The van der Waals surface area contributed by atoms with Crippen molar-refractivity contribution in [3.63, 3.8) is 0 Å².